The zero-order valence-electron chi connectivity index (χ0n) is 11.5. The first kappa shape index (κ1) is 15.3. The number of hydrogen-bond donors (Lipinski definition) is 0. The average Bonchev–Trinajstić information content (AvgIpc) is 2.56. The molecule has 0 heterocycles. The van der Waals surface area contributed by atoms with Gasteiger partial charge in [-0.25, -0.2) is 0 Å². The third kappa shape index (κ3) is 3.95. The van der Waals surface area contributed by atoms with Gasteiger partial charge >= 0.3 is 17.4 Å². The van der Waals surface area contributed by atoms with Gasteiger partial charge in [0.15, 0.2) is 0 Å². The van der Waals surface area contributed by atoms with Crippen molar-refractivity contribution in [3.63, 3.8) is 0 Å². The van der Waals surface area contributed by atoms with Gasteiger partial charge in [0, 0.05) is 0 Å². The van der Waals surface area contributed by atoms with E-state index in [0.29, 0.717) is 0 Å². The summed E-state index contributed by atoms with van der Waals surface area (Å²) in [5.41, 5.74) is 0. The normalized spacial score (nSPS) is 9.52. The summed E-state index contributed by atoms with van der Waals surface area (Å²) in [6.45, 7) is 0. The van der Waals surface area contributed by atoms with Crippen molar-refractivity contribution in [1.29, 1.82) is 0 Å². The third-order valence-corrected chi connectivity index (χ3v) is 3.14. The van der Waals surface area contributed by atoms with Crippen LogP contribution in [0.4, 0.5) is 0 Å². The minimum atomic E-state index is 0. The largest absolute Gasteiger partial charge is 2.00 e. The molecule has 4 rings (SSSR count). The van der Waals surface area contributed by atoms with Gasteiger partial charge in [-0.2, -0.15) is 0 Å². The maximum absolute atomic E-state index is 3.15. The fraction of sp³-hybridized carbons (Fsp3) is 0. The fourth-order valence-corrected chi connectivity index (χ4v) is 2.13. The second-order valence-electron chi connectivity index (χ2n) is 4.51. The van der Waals surface area contributed by atoms with Gasteiger partial charge in [0.2, 0.25) is 0 Å². The van der Waals surface area contributed by atoms with Crippen LogP contribution in [0.1, 0.15) is 0 Å². The molecule has 21 heavy (non-hydrogen) atoms. The van der Waals surface area contributed by atoms with Crippen LogP contribution in [-0.2, 0) is 17.4 Å². The van der Waals surface area contributed by atoms with Crippen molar-refractivity contribution in [2.45, 2.75) is 0 Å². The Kier molecular flexibility index (Phi) is 5.58. The Morgan fingerprint density at radius 1 is 0.476 bits per heavy atom. The summed E-state index contributed by atoms with van der Waals surface area (Å²) in [6, 6.07) is 34.8. The van der Waals surface area contributed by atoms with Gasteiger partial charge in [-0.15, -0.1) is 94.3 Å². The summed E-state index contributed by atoms with van der Waals surface area (Å²) >= 11 is 0. The standard InChI is InChI=1S/2C10H7.Cr/c2*1-2-6-10-8-4-3-7-9(10)5-1;/h2*1-7H;/q2*-1;+2. The monoisotopic (exact) mass is 306 g/mol. The summed E-state index contributed by atoms with van der Waals surface area (Å²) in [5, 5.41) is 4.88. The molecule has 0 aromatic heterocycles. The Morgan fingerprint density at radius 3 is 1.29 bits per heavy atom. The van der Waals surface area contributed by atoms with Crippen molar-refractivity contribution >= 4 is 21.5 Å². The molecule has 0 amide bonds. The summed E-state index contributed by atoms with van der Waals surface area (Å²) in [4.78, 5) is 0. The Bertz CT molecular complexity index is 619. The Labute approximate surface area is 136 Å². The molecule has 0 aliphatic carbocycles. The molecule has 0 unspecified atom stereocenters. The number of hydrogen-bond acceptors (Lipinski definition) is 0. The molecule has 0 saturated carbocycles. The van der Waals surface area contributed by atoms with E-state index in [0.717, 1.165) is 0 Å². The third-order valence-electron chi connectivity index (χ3n) is 3.14. The SMILES string of the molecule is [Cr+2].[c-]1cccc2ccccc12.[c-]1cccc2ccccc12. The van der Waals surface area contributed by atoms with Crippen molar-refractivity contribution in [2.24, 2.45) is 0 Å². The molecule has 0 radical (unpaired) electrons. The summed E-state index contributed by atoms with van der Waals surface area (Å²) in [5.74, 6) is 0. The van der Waals surface area contributed by atoms with Gasteiger partial charge in [-0.1, -0.05) is 24.3 Å². The van der Waals surface area contributed by atoms with Crippen LogP contribution in [-0.4, -0.2) is 0 Å². The van der Waals surface area contributed by atoms with Crippen molar-refractivity contribution in [2.75, 3.05) is 0 Å². The fourth-order valence-electron chi connectivity index (χ4n) is 2.13. The average molecular weight is 306 g/mol. The van der Waals surface area contributed by atoms with Gasteiger partial charge in [0.1, 0.15) is 0 Å². The zero-order valence-corrected chi connectivity index (χ0v) is 12.8. The predicted molar refractivity (Wildman–Crippen MR) is 85.6 cm³/mol. The molecule has 0 spiro atoms. The molecule has 1 heteroatoms. The second kappa shape index (κ2) is 7.65. The van der Waals surface area contributed by atoms with E-state index in [9.17, 15) is 0 Å². The molecule has 4 aromatic carbocycles. The first-order chi connectivity index (χ1) is 9.93. The zero-order chi connectivity index (χ0) is 13.6. The molecule has 0 atom stereocenters. The predicted octanol–water partition coefficient (Wildman–Crippen LogP) is 5.28. The molecule has 0 bridgehead atoms. The van der Waals surface area contributed by atoms with Crippen LogP contribution in [0.25, 0.3) is 21.5 Å². The van der Waals surface area contributed by atoms with Crippen LogP contribution in [0.15, 0.2) is 84.9 Å². The molecule has 100 valence electrons. The Hall–Kier alpha value is -2.07. The Morgan fingerprint density at radius 2 is 0.857 bits per heavy atom. The molecule has 0 fully saturated rings. The quantitative estimate of drug-likeness (QED) is 0.388. The molecule has 0 aliphatic rings. The molecular formula is C20H14Cr. The summed E-state index contributed by atoms with van der Waals surface area (Å²) in [6.07, 6.45) is 0. The molecule has 4 aromatic rings. The Balaban J connectivity index is 0.000000147. The van der Waals surface area contributed by atoms with Crippen LogP contribution < -0.4 is 0 Å². The van der Waals surface area contributed by atoms with Gasteiger partial charge in [-0.3, -0.25) is 0 Å². The first-order valence-corrected chi connectivity index (χ1v) is 6.64. The van der Waals surface area contributed by atoms with Crippen LogP contribution in [0.3, 0.4) is 0 Å². The van der Waals surface area contributed by atoms with E-state index in [1.807, 2.05) is 48.5 Å². The first-order valence-electron chi connectivity index (χ1n) is 6.64. The summed E-state index contributed by atoms with van der Waals surface area (Å²) in [7, 11) is 0. The molecular weight excluding hydrogens is 292 g/mol. The topological polar surface area (TPSA) is 0 Å². The molecule has 0 aliphatic heterocycles. The summed E-state index contributed by atoms with van der Waals surface area (Å²) < 4.78 is 0. The van der Waals surface area contributed by atoms with Crippen LogP contribution in [0.5, 0.6) is 0 Å². The van der Waals surface area contributed by atoms with Crippen molar-refractivity contribution in [3.05, 3.63) is 97.1 Å². The molecule has 0 N–H and O–H groups in total. The number of fused-ring (bicyclic) bond motifs is 2. The van der Waals surface area contributed by atoms with Crippen molar-refractivity contribution in [1.82, 2.24) is 0 Å². The van der Waals surface area contributed by atoms with E-state index in [1.165, 1.54) is 21.5 Å². The van der Waals surface area contributed by atoms with Crippen LogP contribution in [0, 0.1) is 12.1 Å². The van der Waals surface area contributed by atoms with E-state index < -0.39 is 0 Å². The maximum Gasteiger partial charge on any atom is 2.00 e. The van der Waals surface area contributed by atoms with E-state index in [4.69, 9.17) is 0 Å². The smallest absolute Gasteiger partial charge is 0.147 e. The van der Waals surface area contributed by atoms with E-state index in [2.05, 4.69) is 48.5 Å². The molecule has 0 saturated heterocycles. The minimum Gasteiger partial charge on any atom is -0.147 e. The van der Waals surface area contributed by atoms with Crippen LogP contribution in [0.2, 0.25) is 0 Å². The van der Waals surface area contributed by atoms with Crippen LogP contribution >= 0.6 is 0 Å². The van der Waals surface area contributed by atoms with E-state index >= 15 is 0 Å². The number of rotatable bonds is 0. The van der Waals surface area contributed by atoms with Gasteiger partial charge in [0.25, 0.3) is 0 Å². The maximum atomic E-state index is 3.15. The van der Waals surface area contributed by atoms with E-state index in [-0.39, 0.29) is 17.4 Å². The van der Waals surface area contributed by atoms with Gasteiger partial charge in [-0.05, 0) is 0 Å². The van der Waals surface area contributed by atoms with Crippen molar-refractivity contribution < 1.29 is 17.4 Å². The van der Waals surface area contributed by atoms with E-state index in [1.54, 1.807) is 0 Å². The van der Waals surface area contributed by atoms with Crippen molar-refractivity contribution in [3.8, 4) is 0 Å². The number of benzene rings is 4. The molecule has 0 nitrogen and oxygen atoms in total. The minimum absolute atomic E-state index is 0. The second-order valence-corrected chi connectivity index (χ2v) is 4.51. The van der Waals surface area contributed by atoms with Gasteiger partial charge in [0.05, 0.1) is 0 Å². The van der Waals surface area contributed by atoms with Gasteiger partial charge < -0.3 is 0 Å².